The maximum absolute atomic E-state index is 12.2. The lowest BCUT2D eigenvalue weighted by Gasteiger charge is -2.19. The van der Waals surface area contributed by atoms with E-state index in [4.69, 9.17) is 11.6 Å². The summed E-state index contributed by atoms with van der Waals surface area (Å²) in [5, 5.41) is 7.37. The third kappa shape index (κ3) is 3.57. The van der Waals surface area contributed by atoms with Gasteiger partial charge in [0.2, 0.25) is 5.91 Å². The van der Waals surface area contributed by atoms with E-state index in [0.717, 1.165) is 23.4 Å². The molecule has 120 valence electrons. The Morgan fingerprint density at radius 1 is 1.39 bits per heavy atom. The molecular weight excluding hydrogens is 332 g/mol. The van der Waals surface area contributed by atoms with Crippen LogP contribution in [-0.2, 0) is 11.2 Å². The van der Waals surface area contributed by atoms with E-state index in [9.17, 15) is 9.59 Å². The van der Waals surface area contributed by atoms with Gasteiger partial charge in [-0.15, -0.1) is 0 Å². The van der Waals surface area contributed by atoms with Gasteiger partial charge in [0, 0.05) is 17.5 Å². The van der Waals surface area contributed by atoms with Crippen LogP contribution in [0.5, 0.6) is 0 Å². The summed E-state index contributed by atoms with van der Waals surface area (Å²) < 4.78 is 0. The van der Waals surface area contributed by atoms with E-state index in [1.165, 1.54) is 21.8 Å². The number of thiophene rings is 1. The van der Waals surface area contributed by atoms with Gasteiger partial charge in [-0.3, -0.25) is 9.59 Å². The first-order valence-electron chi connectivity index (χ1n) is 7.40. The van der Waals surface area contributed by atoms with Crippen molar-refractivity contribution < 1.29 is 9.59 Å². The fraction of sp³-hybridized carbons (Fsp3) is 0.294. The molecule has 1 aromatic carbocycles. The highest BCUT2D eigenvalue weighted by atomic mass is 35.5. The van der Waals surface area contributed by atoms with Crippen molar-refractivity contribution in [3.05, 3.63) is 56.7 Å². The number of carbonyl (C=O) groups excluding carboxylic acids is 2. The molecule has 4 nitrogen and oxygen atoms in total. The van der Waals surface area contributed by atoms with Crippen LogP contribution in [0.4, 0.5) is 0 Å². The number of hydrogen-bond acceptors (Lipinski definition) is 3. The smallest absolute Gasteiger partial charge is 0.254 e. The fourth-order valence-corrected chi connectivity index (χ4v) is 3.69. The third-order valence-electron chi connectivity index (χ3n) is 4.01. The molecule has 0 fully saturated rings. The molecule has 1 aromatic heterocycles. The maximum Gasteiger partial charge on any atom is 0.254 e. The summed E-state index contributed by atoms with van der Waals surface area (Å²) in [7, 11) is 1.64. The van der Waals surface area contributed by atoms with E-state index in [0.29, 0.717) is 5.56 Å². The molecular formula is C17H17ClN2O2S. The Hall–Kier alpha value is -1.85. The fourth-order valence-electron chi connectivity index (χ4n) is 2.87. The summed E-state index contributed by atoms with van der Waals surface area (Å²) in [6.07, 6.45) is 1.77. The molecule has 0 radical (unpaired) electrons. The number of likely N-dealkylation sites (N-methyl/N-ethyl adjacent to an activating group) is 1. The summed E-state index contributed by atoms with van der Waals surface area (Å²) in [6.45, 7) is 0.0497. The van der Waals surface area contributed by atoms with Crippen LogP contribution in [0.3, 0.4) is 0 Å². The first kappa shape index (κ1) is 16.0. The minimum absolute atomic E-state index is 0.000541. The van der Waals surface area contributed by atoms with Gasteiger partial charge in [0.05, 0.1) is 18.2 Å². The molecule has 1 atom stereocenters. The Bertz CT molecular complexity index is 730. The number of nitrogens with zero attached hydrogens (tertiary/aromatic N) is 1. The van der Waals surface area contributed by atoms with Gasteiger partial charge in [0.15, 0.2) is 0 Å². The lowest BCUT2D eigenvalue weighted by Crippen LogP contribution is -2.39. The van der Waals surface area contributed by atoms with Crippen LogP contribution in [0.15, 0.2) is 35.0 Å². The molecule has 1 aliphatic carbocycles. The van der Waals surface area contributed by atoms with Crippen LogP contribution in [0.2, 0.25) is 5.02 Å². The lowest BCUT2D eigenvalue weighted by molar-refractivity contribution is -0.122. The average Bonchev–Trinajstić information content (AvgIpc) is 3.16. The van der Waals surface area contributed by atoms with Crippen molar-refractivity contribution in [2.24, 2.45) is 0 Å². The van der Waals surface area contributed by atoms with Gasteiger partial charge in [-0.1, -0.05) is 17.7 Å². The van der Waals surface area contributed by atoms with Gasteiger partial charge in [-0.25, -0.2) is 0 Å². The zero-order valence-corrected chi connectivity index (χ0v) is 14.3. The second-order valence-corrected chi connectivity index (χ2v) is 6.89. The first-order chi connectivity index (χ1) is 11.0. The standard InChI is InChI=1S/C17H17ClN2O2S/c1-20(17(22)12-6-7-23-10-12)9-16(21)19-15-5-2-11-8-13(18)3-4-14(11)15/h3-4,6-8,10,15H,2,5,9H2,1H3,(H,19,21)/t15-/m0/s1. The molecule has 2 aromatic rings. The Morgan fingerprint density at radius 3 is 2.96 bits per heavy atom. The molecule has 0 saturated heterocycles. The Labute approximate surface area is 144 Å². The number of benzene rings is 1. The third-order valence-corrected chi connectivity index (χ3v) is 4.93. The number of amides is 2. The lowest BCUT2D eigenvalue weighted by atomic mass is 10.1. The molecule has 0 spiro atoms. The maximum atomic E-state index is 12.2. The van der Waals surface area contributed by atoms with Crippen LogP contribution in [0.25, 0.3) is 0 Å². The number of halogens is 1. The molecule has 1 heterocycles. The van der Waals surface area contributed by atoms with Crippen molar-refractivity contribution in [2.45, 2.75) is 18.9 Å². The van der Waals surface area contributed by atoms with Crippen molar-refractivity contribution in [2.75, 3.05) is 13.6 Å². The number of fused-ring (bicyclic) bond motifs is 1. The molecule has 6 heteroatoms. The van der Waals surface area contributed by atoms with Gasteiger partial charge in [0.1, 0.15) is 0 Å². The van der Waals surface area contributed by atoms with Crippen LogP contribution >= 0.6 is 22.9 Å². The first-order valence-corrected chi connectivity index (χ1v) is 8.72. The van der Waals surface area contributed by atoms with Crippen LogP contribution in [-0.4, -0.2) is 30.3 Å². The van der Waals surface area contributed by atoms with Gasteiger partial charge < -0.3 is 10.2 Å². The van der Waals surface area contributed by atoms with E-state index < -0.39 is 0 Å². The second kappa shape index (κ2) is 6.72. The number of hydrogen-bond donors (Lipinski definition) is 1. The summed E-state index contributed by atoms with van der Waals surface area (Å²) >= 11 is 7.46. The molecule has 2 amide bonds. The zero-order valence-electron chi connectivity index (χ0n) is 12.7. The quantitative estimate of drug-likeness (QED) is 0.921. The zero-order chi connectivity index (χ0) is 16.4. The summed E-state index contributed by atoms with van der Waals surface area (Å²) in [4.78, 5) is 25.8. The van der Waals surface area contributed by atoms with Gasteiger partial charge in [0.25, 0.3) is 5.91 Å². The predicted molar refractivity (Wildman–Crippen MR) is 91.9 cm³/mol. The SMILES string of the molecule is CN(CC(=O)N[C@H]1CCc2cc(Cl)ccc21)C(=O)c1ccsc1. The summed E-state index contributed by atoms with van der Waals surface area (Å²) in [5.74, 6) is -0.288. The largest absolute Gasteiger partial charge is 0.348 e. The van der Waals surface area contributed by atoms with E-state index in [1.807, 2.05) is 23.6 Å². The number of carbonyl (C=O) groups is 2. The second-order valence-electron chi connectivity index (χ2n) is 5.68. The number of rotatable bonds is 4. The Morgan fingerprint density at radius 2 is 2.22 bits per heavy atom. The van der Waals surface area contributed by atoms with Crippen molar-refractivity contribution in [1.29, 1.82) is 0 Å². The van der Waals surface area contributed by atoms with E-state index in [1.54, 1.807) is 18.5 Å². The van der Waals surface area contributed by atoms with Crippen LogP contribution < -0.4 is 5.32 Å². The van der Waals surface area contributed by atoms with E-state index >= 15 is 0 Å². The minimum atomic E-state index is -0.149. The van der Waals surface area contributed by atoms with Crippen LogP contribution in [0.1, 0.15) is 33.9 Å². The molecule has 0 unspecified atom stereocenters. The summed E-state index contributed by atoms with van der Waals surface area (Å²) in [6, 6.07) is 7.53. The van der Waals surface area contributed by atoms with Gasteiger partial charge in [-0.05, 0) is 47.5 Å². The van der Waals surface area contributed by atoms with E-state index in [2.05, 4.69) is 5.32 Å². The normalized spacial score (nSPS) is 16.0. The highest BCUT2D eigenvalue weighted by Gasteiger charge is 2.25. The highest BCUT2D eigenvalue weighted by Crippen LogP contribution is 2.32. The van der Waals surface area contributed by atoms with Gasteiger partial charge in [-0.2, -0.15) is 11.3 Å². The Balaban J connectivity index is 1.59. The minimum Gasteiger partial charge on any atom is -0.348 e. The van der Waals surface area contributed by atoms with Crippen molar-refractivity contribution >= 4 is 34.8 Å². The average molecular weight is 349 g/mol. The van der Waals surface area contributed by atoms with Crippen molar-refractivity contribution in [3.8, 4) is 0 Å². The topological polar surface area (TPSA) is 49.4 Å². The molecule has 23 heavy (non-hydrogen) atoms. The molecule has 0 saturated carbocycles. The molecule has 0 bridgehead atoms. The monoisotopic (exact) mass is 348 g/mol. The van der Waals surface area contributed by atoms with E-state index in [-0.39, 0.29) is 24.4 Å². The molecule has 3 rings (SSSR count). The molecule has 1 aliphatic rings. The Kier molecular flexibility index (Phi) is 4.68. The molecule has 1 N–H and O–H groups in total. The summed E-state index contributed by atoms with van der Waals surface area (Å²) in [5.41, 5.74) is 2.92. The van der Waals surface area contributed by atoms with Crippen LogP contribution in [0, 0.1) is 0 Å². The highest BCUT2D eigenvalue weighted by molar-refractivity contribution is 7.08. The van der Waals surface area contributed by atoms with Gasteiger partial charge >= 0.3 is 0 Å². The van der Waals surface area contributed by atoms with Crippen molar-refractivity contribution in [3.63, 3.8) is 0 Å². The predicted octanol–water partition coefficient (Wildman–Crippen LogP) is 3.28. The molecule has 0 aliphatic heterocycles. The number of aryl methyl sites for hydroxylation is 1. The number of nitrogens with one attached hydrogen (secondary N) is 1. The van der Waals surface area contributed by atoms with Crippen molar-refractivity contribution in [1.82, 2.24) is 10.2 Å².